The van der Waals surface area contributed by atoms with Crippen LogP contribution in [0.4, 0.5) is 5.69 Å². The van der Waals surface area contributed by atoms with Gasteiger partial charge in [-0.3, -0.25) is 4.79 Å². The highest BCUT2D eigenvalue weighted by molar-refractivity contribution is 6.31. The van der Waals surface area contributed by atoms with Gasteiger partial charge in [0.1, 0.15) is 23.5 Å². The van der Waals surface area contributed by atoms with E-state index >= 15 is 0 Å². The number of hydrogen-bond donors (Lipinski definition) is 1. The summed E-state index contributed by atoms with van der Waals surface area (Å²) in [5.74, 6) is -0.565. The number of carbonyl (C=O) groups excluding carboxylic acids is 2. The SMILES string of the molecule is COc1ccc(Cl)cc1C(=O)OCc1cc(=O)oc2cc(NC(C)=O)ccc12. The van der Waals surface area contributed by atoms with E-state index in [9.17, 15) is 14.4 Å². The van der Waals surface area contributed by atoms with E-state index < -0.39 is 11.6 Å². The molecule has 0 saturated heterocycles. The van der Waals surface area contributed by atoms with Crippen molar-refractivity contribution in [3.63, 3.8) is 0 Å². The highest BCUT2D eigenvalue weighted by atomic mass is 35.5. The maximum absolute atomic E-state index is 12.4. The molecule has 1 aromatic heterocycles. The number of fused-ring (bicyclic) bond motifs is 1. The largest absolute Gasteiger partial charge is 0.496 e. The Hall–Kier alpha value is -3.32. The fourth-order valence-electron chi connectivity index (χ4n) is 2.69. The predicted molar refractivity (Wildman–Crippen MR) is 104 cm³/mol. The standard InChI is InChI=1S/C20H16ClNO6/c1-11(23)22-14-4-5-15-12(7-19(24)28-18(15)9-14)10-27-20(25)16-8-13(21)3-6-17(16)26-2/h3-9H,10H2,1-2H3,(H,22,23). The Morgan fingerprint density at radius 3 is 2.64 bits per heavy atom. The molecule has 2 aromatic carbocycles. The van der Waals surface area contributed by atoms with Gasteiger partial charge in [-0.2, -0.15) is 0 Å². The van der Waals surface area contributed by atoms with Gasteiger partial charge < -0.3 is 19.2 Å². The quantitative estimate of drug-likeness (QED) is 0.516. The smallest absolute Gasteiger partial charge is 0.342 e. The molecule has 144 valence electrons. The number of nitrogens with one attached hydrogen (secondary N) is 1. The van der Waals surface area contributed by atoms with Gasteiger partial charge in [-0.1, -0.05) is 11.6 Å². The number of carbonyl (C=O) groups is 2. The molecule has 3 aromatic rings. The van der Waals surface area contributed by atoms with Crippen molar-refractivity contribution < 1.29 is 23.5 Å². The molecule has 0 unspecified atom stereocenters. The second-order valence-electron chi connectivity index (χ2n) is 5.90. The van der Waals surface area contributed by atoms with Gasteiger partial charge in [0.05, 0.1) is 7.11 Å². The molecule has 0 aliphatic rings. The van der Waals surface area contributed by atoms with Crippen molar-refractivity contribution >= 4 is 40.1 Å². The lowest BCUT2D eigenvalue weighted by molar-refractivity contribution is -0.114. The first kappa shape index (κ1) is 19.4. The van der Waals surface area contributed by atoms with Crippen LogP contribution in [0.5, 0.6) is 5.75 Å². The second kappa shape index (κ2) is 8.14. The molecule has 0 aliphatic carbocycles. The Labute approximate surface area is 164 Å². The van der Waals surface area contributed by atoms with Gasteiger partial charge in [0.25, 0.3) is 0 Å². The molecule has 1 N–H and O–H groups in total. The molecule has 7 nitrogen and oxygen atoms in total. The molecular weight excluding hydrogens is 386 g/mol. The normalized spacial score (nSPS) is 10.5. The van der Waals surface area contributed by atoms with Crippen molar-refractivity contribution in [1.82, 2.24) is 0 Å². The van der Waals surface area contributed by atoms with Crippen LogP contribution in [0.15, 0.2) is 51.7 Å². The Morgan fingerprint density at radius 2 is 1.93 bits per heavy atom. The summed E-state index contributed by atoms with van der Waals surface area (Å²) >= 11 is 5.94. The number of ether oxygens (including phenoxy) is 2. The van der Waals surface area contributed by atoms with E-state index in [-0.39, 0.29) is 23.7 Å². The number of rotatable bonds is 5. The van der Waals surface area contributed by atoms with E-state index in [1.54, 1.807) is 24.3 Å². The first-order chi connectivity index (χ1) is 13.4. The summed E-state index contributed by atoms with van der Waals surface area (Å²) in [5.41, 5.74) is 0.801. The summed E-state index contributed by atoms with van der Waals surface area (Å²) in [6, 6.07) is 10.7. The molecule has 3 rings (SSSR count). The van der Waals surface area contributed by atoms with Crippen LogP contribution in [-0.2, 0) is 16.1 Å². The number of methoxy groups -OCH3 is 1. The predicted octanol–water partition coefficient (Wildman–Crippen LogP) is 3.77. The van der Waals surface area contributed by atoms with E-state index in [1.807, 2.05) is 0 Å². The minimum atomic E-state index is -0.643. The van der Waals surface area contributed by atoms with Crippen LogP contribution in [0.1, 0.15) is 22.8 Å². The van der Waals surface area contributed by atoms with Gasteiger partial charge in [-0.05, 0) is 30.3 Å². The molecule has 0 atom stereocenters. The van der Waals surface area contributed by atoms with Gasteiger partial charge >= 0.3 is 11.6 Å². The Balaban J connectivity index is 1.88. The van der Waals surface area contributed by atoms with Crippen molar-refractivity contribution in [2.75, 3.05) is 12.4 Å². The number of esters is 1. The number of anilines is 1. The van der Waals surface area contributed by atoms with Crippen LogP contribution < -0.4 is 15.7 Å². The monoisotopic (exact) mass is 401 g/mol. The topological polar surface area (TPSA) is 94.8 Å². The fraction of sp³-hybridized carbons (Fsp3) is 0.150. The zero-order valence-electron chi connectivity index (χ0n) is 15.1. The molecule has 8 heteroatoms. The average molecular weight is 402 g/mol. The van der Waals surface area contributed by atoms with Crippen LogP contribution in [-0.4, -0.2) is 19.0 Å². The minimum Gasteiger partial charge on any atom is -0.496 e. The third kappa shape index (κ3) is 4.32. The van der Waals surface area contributed by atoms with Crippen molar-refractivity contribution in [1.29, 1.82) is 0 Å². The summed E-state index contributed by atoms with van der Waals surface area (Å²) in [5, 5.41) is 3.56. The van der Waals surface area contributed by atoms with Gasteiger partial charge in [-0.25, -0.2) is 9.59 Å². The number of hydrogen-bond acceptors (Lipinski definition) is 6. The highest BCUT2D eigenvalue weighted by Gasteiger charge is 2.16. The van der Waals surface area contributed by atoms with Crippen molar-refractivity contribution in [2.24, 2.45) is 0 Å². The highest BCUT2D eigenvalue weighted by Crippen LogP contribution is 2.25. The van der Waals surface area contributed by atoms with Crippen LogP contribution in [0.25, 0.3) is 11.0 Å². The lowest BCUT2D eigenvalue weighted by atomic mass is 10.1. The summed E-state index contributed by atoms with van der Waals surface area (Å²) in [6.45, 7) is 1.22. The average Bonchev–Trinajstić information content (AvgIpc) is 2.64. The Bertz CT molecular complexity index is 1120. The van der Waals surface area contributed by atoms with Crippen LogP contribution >= 0.6 is 11.6 Å². The summed E-state index contributed by atoms with van der Waals surface area (Å²) in [4.78, 5) is 35.5. The Morgan fingerprint density at radius 1 is 1.14 bits per heavy atom. The maximum Gasteiger partial charge on any atom is 0.342 e. The van der Waals surface area contributed by atoms with Gasteiger partial charge in [0.15, 0.2) is 0 Å². The summed E-state index contributed by atoms with van der Waals surface area (Å²) < 4.78 is 15.7. The summed E-state index contributed by atoms with van der Waals surface area (Å²) in [6.07, 6.45) is 0. The van der Waals surface area contributed by atoms with Gasteiger partial charge in [0, 0.05) is 40.7 Å². The fourth-order valence-corrected chi connectivity index (χ4v) is 2.86. The zero-order chi connectivity index (χ0) is 20.3. The molecule has 0 spiro atoms. The van der Waals surface area contributed by atoms with Crippen molar-refractivity contribution in [3.8, 4) is 5.75 Å². The van der Waals surface area contributed by atoms with Crippen LogP contribution in [0.3, 0.4) is 0 Å². The van der Waals surface area contributed by atoms with E-state index in [2.05, 4.69) is 5.32 Å². The van der Waals surface area contributed by atoms with Gasteiger partial charge in [0.2, 0.25) is 5.91 Å². The van der Waals surface area contributed by atoms with Crippen LogP contribution in [0, 0.1) is 0 Å². The Kier molecular flexibility index (Phi) is 5.65. The van der Waals surface area contributed by atoms with Crippen molar-refractivity contribution in [3.05, 3.63) is 69.0 Å². The zero-order valence-corrected chi connectivity index (χ0v) is 15.8. The molecule has 0 radical (unpaired) electrons. The molecule has 28 heavy (non-hydrogen) atoms. The number of amides is 1. The maximum atomic E-state index is 12.4. The molecule has 0 saturated carbocycles. The van der Waals surface area contributed by atoms with Gasteiger partial charge in [-0.15, -0.1) is 0 Å². The minimum absolute atomic E-state index is 0.157. The first-order valence-corrected chi connectivity index (χ1v) is 8.60. The van der Waals surface area contributed by atoms with E-state index in [1.165, 1.54) is 32.2 Å². The molecular formula is C20H16ClNO6. The molecule has 0 aliphatic heterocycles. The second-order valence-corrected chi connectivity index (χ2v) is 6.34. The van der Waals surface area contributed by atoms with E-state index in [0.29, 0.717) is 27.4 Å². The van der Waals surface area contributed by atoms with Crippen LogP contribution in [0.2, 0.25) is 5.02 Å². The summed E-state index contributed by atoms with van der Waals surface area (Å²) in [7, 11) is 1.43. The lowest BCUT2D eigenvalue weighted by Crippen LogP contribution is -2.10. The van der Waals surface area contributed by atoms with Crippen molar-refractivity contribution in [2.45, 2.75) is 13.5 Å². The molecule has 1 amide bonds. The molecule has 1 heterocycles. The first-order valence-electron chi connectivity index (χ1n) is 8.22. The lowest BCUT2D eigenvalue weighted by Gasteiger charge is -2.11. The van der Waals surface area contributed by atoms with E-state index in [4.69, 9.17) is 25.5 Å². The molecule has 0 fully saturated rings. The molecule has 0 bridgehead atoms. The number of halogens is 1. The third-order valence-electron chi connectivity index (χ3n) is 3.89. The van der Waals surface area contributed by atoms with E-state index in [0.717, 1.165) is 0 Å². The third-order valence-corrected chi connectivity index (χ3v) is 4.13. The number of benzene rings is 2.